The molecule has 12 nitrogen and oxygen atoms in total. The van der Waals surface area contributed by atoms with Crippen molar-refractivity contribution in [1.29, 1.82) is 0 Å². The Morgan fingerprint density at radius 2 is 1.61 bits per heavy atom. The normalized spacial score (nSPS) is 19.5. The number of nitrogens with one attached hydrogen (secondary N) is 4. The predicted octanol–water partition coefficient (Wildman–Crippen LogP) is -0.800. The van der Waals surface area contributed by atoms with Crippen molar-refractivity contribution in [3.8, 4) is 22.6 Å². The van der Waals surface area contributed by atoms with Crippen molar-refractivity contribution >= 4 is 17.7 Å². The van der Waals surface area contributed by atoms with Gasteiger partial charge in [-0.15, -0.1) is 0 Å². The van der Waals surface area contributed by atoms with Crippen molar-refractivity contribution in [3.63, 3.8) is 0 Å². The van der Waals surface area contributed by atoms with Crippen LogP contribution < -0.4 is 27.0 Å². The number of hydrogen-bond acceptors (Lipinski definition) is 9. The standard InChI is InChI=1S/C29H42N6O6/c1-31-10-3-4-22-27(39)34-24(29(41)35(11-9-30)12-13-36)17-21-15-19(6-8-26(21)38)18-5-7-25(37)20(14-18)16-23(32-2)28(40)33-22/h5-8,14-15,22-24,31-32,36-38H,3-4,9-13,16-17,30H2,1-2H3,(H,33,40)(H,34,39)/t22-,23-,24-/m0/s1. The third-order valence-corrected chi connectivity index (χ3v) is 7.25. The van der Waals surface area contributed by atoms with Gasteiger partial charge in [-0.3, -0.25) is 14.4 Å². The van der Waals surface area contributed by atoms with Gasteiger partial charge in [0.2, 0.25) is 17.7 Å². The Morgan fingerprint density at radius 3 is 2.17 bits per heavy atom. The summed E-state index contributed by atoms with van der Waals surface area (Å²) in [6.07, 6.45) is 1.000. The average molecular weight is 571 g/mol. The molecule has 3 amide bonds. The number of aromatic hydroxyl groups is 2. The van der Waals surface area contributed by atoms with Crippen LogP contribution in [-0.2, 0) is 27.2 Å². The minimum absolute atomic E-state index is 0.0247. The van der Waals surface area contributed by atoms with E-state index in [0.29, 0.717) is 30.5 Å². The second-order valence-corrected chi connectivity index (χ2v) is 10.1. The molecule has 0 spiro atoms. The molecule has 4 bridgehead atoms. The zero-order chi connectivity index (χ0) is 29.9. The van der Waals surface area contributed by atoms with Crippen LogP contribution in [0.15, 0.2) is 36.4 Å². The Labute approximate surface area is 240 Å². The van der Waals surface area contributed by atoms with Crippen molar-refractivity contribution in [1.82, 2.24) is 26.2 Å². The summed E-state index contributed by atoms with van der Waals surface area (Å²) in [5.74, 6) is -1.46. The van der Waals surface area contributed by atoms with E-state index in [9.17, 15) is 29.7 Å². The van der Waals surface area contributed by atoms with Crippen molar-refractivity contribution in [3.05, 3.63) is 47.5 Å². The van der Waals surface area contributed by atoms with E-state index in [1.807, 2.05) is 0 Å². The summed E-state index contributed by atoms with van der Waals surface area (Å²) in [5, 5.41) is 42.5. The Bertz CT molecular complexity index is 1200. The summed E-state index contributed by atoms with van der Waals surface area (Å²) in [6.45, 7) is 0.672. The lowest BCUT2D eigenvalue weighted by atomic mass is 9.95. The van der Waals surface area contributed by atoms with Gasteiger partial charge >= 0.3 is 0 Å². The molecule has 1 heterocycles. The fourth-order valence-electron chi connectivity index (χ4n) is 4.95. The van der Waals surface area contributed by atoms with Crippen LogP contribution in [0.2, 0.25) is 0 Å². The number of amides is 3. The molecule has 0 aliphatic carbocycles. The zero-order valence-corrected chi connectivity index (χ0v) is 23.7. The smallest absolute Gasteiger partial charge is 0.245 e. The lowest BCUT2D eigenvalue weighted by molar-refractivity contribution is -0.137. The summed E-state index contributed by atoms with van der Waals surface area (Å²) in [7, 11) is 3.42. The molecular formula is C29H42N6O6. The maximum Gasteiger partial charge on any atom is 0.245 e. The highest BCUT2D eigenvalue weighted by atomic mass is 16.3. The fraction of sp³-hybridized carbons (Fsp3) is 0.483. The first-order valence-corrected chi connectivity index (χ1v) is 13.9. The number of likely N-dealkylation sites (N-methyl/N-ethyl adjacent to an activating group) is 1. The summed E-state index contributed by atoms with van der Waals surface area (Å²) in [6, 6.07) is 7.23. The lowest BCUT2D eigenvalue weighted by Gasteiger charge is -2.29. The molecule has 0 radical (unpaired) electrons. The van der Waals surface area contributed by atoms with Crippen LogP contribution in [0.5, 0.6) is 11.5 Å². The first-order chi connectivity index (χ1) is 19.7. The number of aliphatic hydroxyl groups excluding tert-OH is 1. The van der Waals surface area contributed by atoms with Gasteiger partial charge in [0.1, 0.15) is 23.6 Å². The van der Waals surface area contributed by atoms with Crippen LogP contribution in [0.4, 0.5) is 0 Å². The molecule has 2 aromatic carbocycles. The van der Waals surface area contributed by atoms with E-state index < -0.39 is 35.8 Å². The van der Waals surface area contributed by atoms with Gasteiger partial charge in [-0.1, -0.05) is 12.1 Å². The van der Waals surface area contributed by atoms with E-state index in [0.717, 1.165) is 11.1 Å². The molecule has 0 saturated carbocycles. The van der Waals surface area contributed by atoms with Gasteiger partial charge in [-0.25, -0.2) is 0 Å². The summed E-state index contributed by atoms with van der Waals surface area (Å²) in [4.78, 5) is 42.0. The molecular weight excluding hydrogens is 528 g/mol. The van der Waals surface area contributed by atoms with Crippen molar-refractivity contribution in [2.75, 3.05) is 46.9 Å². The Balaban J connectivity index is 2.12. The number of fused-ring (bicyclic) bond motifs is 5. The van der Waals surface area contributed by atoms with Gasteiger partial charge in [0, 0.05) is 32.5 Å². The number of nitrogens with two attached hydrogens (primary N) is 1. The van der Waals surface area contributed by atoms with Gasteiger partial charge < -0.3 is 47.2 Å². The summed E-state index contributed by atoms with van der Waals surface area (Å²) < 4.78 is 0. The monoisotopic (exact) mass is 570 g/mol. The van der Waals surface area contributed by atoms with Crippen molar-refractivity contribution < 1.29 is 29.7 Å². The van der Waals surface area contributed by atoms with Crippen LogP contribution in [0.1, 0.15) is 24.0 Å². The van der Waals surface area contributed by atoms with Crippen molar-refractivity contribution in [2.24, 2.45) is 5.73 Å². The quantitative estimate of drug-likeness (QED) is 0.169. The third-order valence-electron chi connectivity index (χ3n) is 7.25. The predicted molar refractivity (Wildman–Crippen MR) is 155 cm³/mol. The van der Waals surface area contributed by atoms with Gasteiger partial charge in [-0.2, -0.15) is 0 Å². The highest BCUT2D eigenvalue weighted by Gasteiger charge is 2.31. The Kier molecular flexibility index (Phi) is 11.9. The SMILES string of the molecule is CNCCC[C@@H]1NC(=O)[C@@H](NC)Cc2cc(ccc2O)-c2ccc(O)c(c2)C[C@@H](C(=O)N(CCN)CCO)NC1=O. The molecule has 2 aromatic rings. The summed E-state index contributed by atoms with van der Waals surface area (Å²) >= 11 is 0. The lowest BCUT2D eigenvalue weighted by Crippen LogP contribution is -2.57. The number of nitrogens with zero attached hydrogens (tertiary/aromatic N) is 1. The molecule has 12 heteroatoms. The van der Waals surface area contributed by atoms with E-state index in [1.54, 1.807) is 44.4 Å². The molecule has 9 N–H and O–H groups in total. The first kappa shape index (κ1) is 31.8. The van der Waals surface area contributed by atoms with Gasteiger partial charge in [-0.05, 0) is 80.0 Å². The fourth-order valence-corrected chi connectivity index (χ4v) is 4.95. The molecule has 0 unspecified atom stereocenters. The Hall–Kier alpha value is -3.71. The molecule has 224 valence electrons. The van der Waals surface area contributed by atoms with E-state index in [4.69, 9.17) is 5.73 Å². The Morgan fingerprint density at radius 1 is 0.976 bits per heavy atom. The number of rotatable bonds is 10. The maximum atomic E-state index is 13.7. The minimum atomic E-state index is -1.11. The summed E-state index contributed by atoms with van der Waals surface area (Å²) in [5.41, 5.74) is 8.13. The third kappa shape index (κ3) is 8.40. The topological polar surface area (TPSA) is 189 Å². The number of phenolic OH excluding ortho intramolecular Hbond substituents is 2. The van der Waals surface area contributed by atoms with Crippen LogP contribution in [0.25, 0.3) is 11.1 Å². The number of hydrogen-bond donors (Lipinski definition) is 8. The van der Waals surface area contributed by atoms with Gasteiger partial charge in [0.05, 0.1) is 12.6 Å². The molecule has 1 aliphatic rings. The molecule has 0 saturated heterocycles. The molecule has 3 rings (SSSR count). The van der Waals surface area contributed by atoms with Gasteiger partial charge in [0.15, 0.2) is 0 Å². The minimum Gasteiger partial charge on any atom is -0.508 e. The zero-order valence-electron chi connectivity index (χ0n) is 23.7. The van der Waals surface area contributed by atoms with Crippen LogP contribution in [-0.4, -0.2) is 103 Å². The molecule has 1 aliphatic heterocycles. The van der Waals surface area contributed by atoms with E-state index in [1.165, 1.54) is 11.0 Å². The number of aliphatic hydroxyl groups is 1. The molecule has 0 fully saturated rings. The highest BCUT2D eigenvalue weighted by molar-refractivity contribution is 5.93. The van der Waals surface area contributed by atoms with E-state index in [-0.39, 0.29) is 50.6 Å². The molecule has 3 atom stereocenters. The van der Waals surface area contributed by atoms with E-state index >= 15 is 0 Å². The highest BCUT2D eigenvalue weighted by Crippen LogP contribution is 2.31. The number of benzene rings is 2. The van der Waals surface area contributed by atoms with Crippen LogP contribution in [0, 0.1) is 0 Å². The van der Waals surface area contributed by atoms with Crippen molar-refractivity contribution in [2.45, 2.75) is 43.8 Å². The maximum absolute atomic E-state index is 13.7. The number of phenols is 2. The number of carbonyl (C=O) groups is 3. The molecule has 0 aromatic heterocycles. The average Bonchev–Trinajstić information content (AvgIpc) is 2.96. The second-order valence-electron chi connectivity index (χ2n) is 10.1. The van der Waals surface area contributed by atoms with E-state index in [2.05, 4.69) is 21.3 Å². The second kappa shape index (κ2) is 15.3. The van der Waals surface area contributed by atoms with Gasteiger partial charge in [0.25, 0.3) is 0 Å². The molecule has 41 heavy (non-hydrogen) atoms. The van der Waals surface area contributed by atoms with Crippen LogP contribution in [0.3, 0.4) is 0 Å². The first-order valence-electron chi connectivity index (χ1n) is 13.9. The number of carbonyl (C=O) groups excluding carboxylic acids is 3. The largest absolute Gasteiger partial charge is 0.508 e. The van der Waals surface area contributed by atoms with Crippen LogP contribution >= 0.6 is 0 Å².